The molecule has 1 aromatic heterocycles. The minimum Gasteiger partial charge on any atom is -0.353 e. The lowest BCUT2D eigenvalue weighted by Crippen LogP contribution is -2.30. The smallest absolute Gasteiger partial charge is 0.170 e. The largest absolute Gasteiger partial charge is 0.353 e. The number of anilines is 1. The summed E-state index contributed by atoms with van der Waals surface area (Å²) >= 11 is 0. The molecule has 1 aliphatic heterocycles. The number of pyridine rings is 1. The molecule has 1 saturated heterocycles. The van der Waals surface area contributed by atoms with E-state index in [0.717, 1.165) is 39.1 Å². The first-order valence-electron chi connectivity index (χ1n) is 7.85. The van der Waals surface area contributed by atoms with Crippen LogP contribution in [0.5, 0.6) is 0 Å². The number of aromatic nitrogens is 1. The molecule has 4 nitrogen and oxygen atoms in total. The Bertz CT molecular complexity index is 450. The van der Waals surface area contributed by atoms with Crippen LogP contribution in [0.25, 0.3) is 0 Å². The maximum absolute atomic E-state index is 14.7. The number of rotatable bonds is 5. The normalized spacial score (nSPS) is 17.3. The van der Waals surface area contributed by atoms with Crippen molar-refractivity contribution in [1.29, 1.82) is 0 Å². The van der Waals surface area contributed by atoms with Gasteiger partial charge in [-0.25, -0.2) is 9.37 Å². The summed E-state index contributed by atoms with van der Waals surface area (Å²) in [5.41, 5.74) is 0.707. The lowest BCUT2D eigenvalue weighted by Gasteiger charge is -2.23. The minimum absolute atomic E-state index is 0.168. The highest BCUT2D eigenvalue weighted by Crippen LogP contribution is 2.20. The molecule has 0 unspecified atom stereocenters. The average Bonchev–Trinajstić information content (AvgIpc) is 2.65. The first kappa shape index (κ1) is 16.2. The quantitative estimate of drug-likeness (QED) is 0.901. The van der Waals surface area contributed by atoms with Crippen LogP contribution in [-0.2, 0) is 6.54 Å². The zero-order valence-electron chi connectivity index (χ0n) is 13.4. The molecule has 0 saturated carbocycles. The maximum atomic E-state index is 14.7. The lowest BCUT2D eigenvalue weighted by atomic mass is 10.2. The van der Waals surface area contributed by atoms with Crippen LogP contribution in [0, 0.1) is 11.7 Å². The predicted octanol–water partition coefficient (Wildman–Crippen LogP) is 2.11. The maximum Gasteiger partial charge on any atom is 0.170 e. The third-order valence-corrected chi connectivity index (χ3v) is 3.84. The van der Waals surface area contributed by atoms with Gasteiger partial charge in [-0.1, -0.05) is 13.8 Å². The van der Waals surface area contributed by atoms with Crippen molar-refractivity contribution in [2.75, 3.05) is 44.7 Å². The molecular weight excluding hydrogens is 267 g/mol. The summed E-state index contributed by atoms with van der Waals surface area (Å²) in [4.78, 5) is 8.63. The topological polar surface area (TPSA) is 31.4 Å². The van der Waals surface area contributed by atoms with Crippen molar-refractivity contribution < 1.29 is 4.39 Å². The van der Waals surface area contributed by atoms with Gasteiger partial charge in [-0.05, 0) is 38.5 Å². The third kappa shape index (κ3) is 4.64. The number of nitrogens with one attached hydrogen (secondary N) is 1. The van der Waals surface area contributed by atoms with Gasteiger partial charge in [-0.2, -0.15) is 0 Å². The van der Waals surface area contributed by atoms with E-state index in [9.17, 15) is 4.39 Å². The summed E-state index contributed by atoms with van der Waals surface area (Å²) in [6.45, 7) is 9.48. The monoisotopic (exact) mass is 294 g/mol. The molecule has 118 valence electrons. The van der Waals surface area contributed by atoms with Gasteiger partial charge in [0.15, 0.2) is 11.6 Å². The van der Waals surface area contributed by atoms with Crippen molar-refractivity contribution in [2.24, 2.45) is 5.92 Å². The van der Waals surface area contributed by atoms with Gasteiger partial charge in [-0.15, -0.1) is 0 Å². The van der Waals surface area contributed by atoms with E-state index in [-0.39, 0.29) is 5.82 Å². The van der Waals surface area contributed by atoms with Crippen LogP contribution in [0.2, 0.25) is 0 Å². The van der Waals surface area contributed by atoms with E-state index in [4.69, 9.17) is 0 Å². The van der Waals surface area contributed by atoms with Crippen LogP contribution < -0.4 is 10.2 Å². The molecule has 0 bridgehead atoms. The highest BCUT2D eigenvalue weighted by atomic mass is 19.1. The highest BCUT2D eigenvalue weighted by molar-refractivity contribution is 5.43. The molecule has 0 spiro atoms. The van der Waals surface area contributed by atoms with E-state index in [1.807, 2.05) is 0 Å². The Kier molecular flexibility index (Phi) is 5.94. The fourth-order valence-electron chi connectivity index (χ4n) is 2.58. The zero-order chi connectivity index (χ0) is 15.2. The van der Waals surface area contributed by atoms with Gasteiger partial charge in [0.2, 0.25) is 0 Å². The van der Waals surface area contributed by atoms with E-state index in [0.29, 0.717) is 23.8 Å². The first-order chi connectivity index (χ1) is 10.1. The van der Waals surface area contributed by atoms with Gasteiger partial charge < -0.3 is 15.1 Å². The van der Waals surface area contributed by atoms with Crippen molar-refractivity contribution in [3.8, 4) is 0 Å². The Morgan fingerprint density at radius 3 is 2.86 bits per heavy atom. The molecule has 1 N–H and O–H groups in total. The second-order valence-electron chi connectivity index (χ2n) is 6.28. The number of halogens is 1. The van der Waals surface area contributed by atoms with Crippen molar-refractivity contribution in [1.82, 2.24) is 15.2 Å². The van der Waals surface area contributed by atoms with Crippen LogP contribution in [0.4, 0.5) is 10.2 Å². The summed E-state index contributed by atoms with van der Waals surface area (Å²) in [5, 5.41) is 3.30. The summed E-state index contributed by atoms with van der Waals surface area (Å²) in [7, 11) is 2.11. The van der Waals surface area contributed by atoms with E-state index in [1.165, 1.54) is 0 Å². The molecule has 2 heterocycles. The molecular formula is C16H27FN4. The zero-order valence-corrected chi connectivity index (χ0v) is 13.4. The van der Waals surface area contributed by atoms with Crippen LogP contribution in [0.3, 0.4) is 0 Å². The molecule has 2 rings (SSSR count). The van der Waals surface area contributed by atoms with E-state index < -0.39 is 0 Å². The fraction of sp³-hybridized carbons (Fsp3) is 0.688. The van der Waals surface area contributed by atoms with Gasteiger partial charge in [0.25, 0.3) is 0 Å². The SMILES string of the molecule is CC(C)CNCc1ccnc(N2CCCN(C)CC2)c1F. The summed E-state index contributed by atoms with van der Waals surface area (Å²) in [5.74, 6) is 0.906. The number of nitrogens with zero attached hydrogens (tertiary/aromatic N) is 3. The molecule has 1 fully saturated rings. The summed E-state index contributed by atoms with van der Waals surface area (Å²) < 4.78 is 14.7. The van der Waals surface area contributed by atoms with Crippen molar-refractivity contribution >= 4 is 5.82 Å². The number of hydrogen-bond donors (Lipinski definition) is 1. The molecule has 0 aliphatic carbocycles. The number of hydrogen-bond acceptors (Lipinski definition) is 4. The highest BCUT2D eigenvalue weighted by Gasteiger charge is 2.18. The van der Waals surface area contributed by atoms with Crippen LogP contribution in [0.15, 0.2) is 12.3 Å². The van der Waals surface area contributed by atoms with Crippen LogP contribution in [-0.4, -0.2) is 49.7 Å². The standard InChI is InChI=1S/C16H27FN4/c1-13(2)11-18-12-14-5-6-19-16(15(14)17)21-8-4-7-20(3)9-10-21/h5-6,13,18H,4,7-12H2,1-3H3. The Morgan fingerprint density at radius 2 is 2.10 bits per heavy atom. The second kappa shape index (κ2) is 7.71. The van der Waals surface area contributed by atoms with E-state index >= 15 is 0 Å². The van der Waals surface area contributed by atoms with Gasteiger partial charge in [0.05, 0.1) is 0 Å². The molecule has 5 heteroatoms. The minimum atomic E-state index is -0.168. The van der Waals surface area contributed by atoms with Crippen LogP contribution in [0.1, 0.15) is 25.8 Å². The molecule has 0 atom stereocenters. The van der Waals surface area contributed by atoms with Crippen LogP contribution >= 0.6 is 0 Å². The van der Waals surface area contributed by atoms with Crippen molar-refractivity contribution in [3.05, 3.63) is 23.6 Å². The van der Waals surface area contributed by atoms with E-state index in [1.54, 1.807) is 12.3 Å². The summed E-state index contributed by atoms with van der Waals surface area (Å²) in [6.07, 6.45) is 2.77. The lowest BCUT2D eigenvalue weighted by molar-refractivity contribution is 0.360. The third-order valence-electron chi connectivity index (χ3n) is 3.84. The Hall–Kier alpha value is -1.20. The predicted molar refractivity (Wildman–Crippen MR) is 85.1 cm³/mol. The average molecular weight is 294 g/mol. The van der Waals surface area contributed by atoms with Gasteiger partial charge in [-0.3, -0.25) is 0 Å². The van der Waals surface area contributed by atoms with Gasteiger partial charge >= 0.3 is 0 Å². The molecule has 1 aromatic rings. The Labute approximate surface area is 127 Å². The second-order valence-corrected chi connectivity index (χ2v) is 6.28. The Morgan fingerprint density at radius 1 is 1.29 bits per heavy atom. The van der Waals surface area contributed by atoms with Gasteiger partial charge in [0.1, 0.15) is 0 Å². The number of likely N-dealkylation sites (N-methyl/N-ethyl adjacent to an activating group) is 1. The molecule has 1 aliphatic rings. The molecule has 0 amide bonds. The van der Waals surface area contributed by atoms with Crippen molar-refractivity contribution in [3.63, 3.8) is 0 Å². The molecule has 0 aromatic carbocycles. The van der Waals surface area contributed by atoms with Gasteiger partial charge in [0, 0.05) is 37.9 Å². The Balaban J connectivity index is 2.06. The van der Waals surface area contributed by atoms with Crippen molar-refractivity contribution in [2.45, 2.75) is 26.8 Å². The fourth-order valence-corrected chi connectivity index (χ4v) is 2.58. The van der Waals surface area contributed by atoms with E-state index in [2.05, 4.69) is 41.0 Å². The molecule has 21 heavy (non-hydrogen) atoms. The molecule has 0 radical (unpaired) electrons. The summed E-state index contributed by atoms with van der Waals surface area (Å²) in [6, 6.07) is 1.77. The first-order valence-corrected chi connectivity index (χ1v) is 7.85.